The largest absolute Gasteiger partial charge is 0.337 e. The topological polar surface area (TPSA) is 83.8 Å². The maximum atomic E-state index is 11.8. The van der Waals surface area contributed by atoms with Crippen LogP contribution in [0.15, 0.2) is 28.7 Å². The van der Waals surface area contributed by atoms with Crippen LogP contribution in [0.2, 0.25) is 0 Å². The molecule has 0 atom stereocenters. The van der Waals surface area contributed by atoms with Crippen LogP contribution in [0, 0.1) is 29.1 Å². The first kappa shape index (κ1) is 32.6. The Morgan fingerprint density at radius 1 is 1.27 bits per heavy atom. The van der Waals surface area contributed by atoms with Crippen molar-refractivity contribution >= 4 is 12.6 Å². The second-order valence-electron chi connectivity index (χ2n) is 8.54. The number of amides is 1. The summed E-state index contributed by atoms with van der Waals surface area (Å²) in [6.07, 6.45) is 3.53. The van der Waals surface area contributed by atoms with E-state index < -0.39 is 0 Å². The van der Waals surface area contributed by atoms with Crippen molar-refractivity contribution in [1.29, 1.82) is 5.26 Å². The predicted octanol–water partition coefficient (Wildman–Crippen LogP) is 4.12. The molecule has 1 amide bonds. The highest BCUT2D eigenvalue weighted by Gasteiger charge is 2.19. The summed E-state index contributed by atoms with van der Waals surface area (Å²) in [6.45, 7) is 25.5. The summed E-state index contributed by atoms with van der Waals surface area (Å²) in [5.41, 5.74) is 0.839. The van der Waals surface area contributed by atoms with Gasteiger partial charge in [0.05, 0.1) is 18.9 Å². The van der Waals surface area contributed by atoms with E-state index in [1.165, 1.54) is 6.20 Å². The third kappa shape index (κ3) is 15.0. The summed E-state index contributed by atoms with van der Waals surface area (Å²) in [7, 11) is 0. The van der Waals surface area contributed by atoms with E-state index >= 15 is 0 Å². The number of nitrogens with zero attached hydrogens (tertiary/aromatic N) is 4. The molecule has 186 valence electrons. The van der Waals surface area contributed by atoms with Crippen LogP contribution < -0.4 is 10.6 Å². The first-order chi connectivity index (χ1) is 15.6. The summed E-state index contributed by atoms with van der Waals surface area (Å²) < 4.78 is 0. The second-order valence-corrected chi connectivity index (χ2v) is 8.54. The van der Waals surface area contributed by atoms with Crippen molar-refractivity contribution in [2.45, 2.75) is 74.3 Å². The Morgan fingerprint density at radius 3 is 2.36 bits per heavy atom. The van der Waals surface area contributed by atoms with Crippen molar-refractivity contribution in [3.05, 3.63) is 23.7 Å². The molecule has 0 aliphatic carbocycles. The lowest BCUT2D eigenvalue weighted by atomic mass is 10.1. The summed E-state index contributed by atoms with van der Waals surface area (Å²) >= 11 is 0. The van der Waals surface area contributed by atoms with Gasteiger partial charge in [-0.3, -0.25) is 20.0 Å². The Labute approximate surface area is 203 Å². The van der Waals surface area contributed by atoms with Gasteiger partial charge in [-0.25, -0.2) is 0 Å². The van der Waals surface area contributed by atoms with Gasteiger partial charge in [0.25, 0.3) is 0 Å². The molecular weight excluding hydrogens is 412 g/mol. The van der Waals surface area contributed by atoms with Gasteiger partial charge in [-0.05, 0) is 53.0 Å². The fourth-order valence-electron chi connectivity index (χ4n) is 2.92. The van der Waals surface area contributed by atoms with Gasteiger partial charge < -0.3 is 10.2 Å². The number of carbonyl (C=O) groups is 1. The molecule has 0 aromatic rings. The number of hydrogen-bond donors (Lipinski definition) is 2. The van der Waals surface area contributed by atoms with Gasteiger partial charge in [-0.15, -0.1) is 5.92 Å². The summed E-state index contributed by atoms with van der Waals surface area (Å²) in [6, 6.07) is 2.21. The molecular formula is C26H46N6O. The molecule has 0 heterocycles. The number of likely N-dealkylation sites (N-methyl/N-ethyl adjacent to an activating group) is 1. The highest BCUT2D eigenvalue weighted by Crippen LogP contribution is 2.13. The maximum Gasteiger partial charge on any atom is 0.224 e. The molecule has 0 aliphatic heterocycles. The van der Waals surface area contributed by atoms with E-state index in [-0.39, 0.29) is 17.4 Å². The lowest BCUT2D eigenvalue weighted by molar-refractivity contribution is -0.120. The number of aliphatic imine (C=N–C) groups is 1. The quantitative estimate of drug-likeness (QED) is 0.108. The number of rotatable bonds is 13. The third-order valence-corrected chi connectivity index (χ3v) is 4.55. The van der Waals surface area contributed by atoms with Crippen molar-refractivity contribution in [2.24, 2.45) is 10.9 Å². The Bertz CT molecular complexity index is 729. The molecule has 0 radical (unpaired) electrons. The maximum absolute atomic E-state index is 11.8. The molecule has 0 saturated carbocycles. The zero-order valence-electron chi connectivity index (χ0n) is 22.4. The normalized spacial score (nSPS) is 11.7. The van der Waals surface area contributed by atoms with Gasteiger partial charge in [0.1, 0.15) is 11.8 Å². The lowest BCUT2D eigenvalue weighted by Gasteiger charge is -2.35. The van der Waals surface area contributed by atoms with Crippen LogP contribution in [0.4, 0.5) is 0 Å². The van der Waals surface area contributed by atoms with E-state index in [2.05, 4.69) is 72.8 Å². The first-order valence-corrected chi connectivity index (χ1v) is 11.8. The summed E-state index contributed by atoms with van der Waals surface area (Å²) in [5, 5.41) is 15.9. The average Bonchev–Trinajstić information content (AvgIpc) is 2.75. The van der Waals surface area contributed by atoms with E-state index in [1.54, 1.807) is 13.0 Å². The Morgan fingerprint density at radius 2 is 1.91 bits per heavy atom. The molecule has 33 heavy (non-hydrogen) atoms. The fraction of sp³-hybridized carbons (Fsp3) is 0.654. The van der Waals surface area contributed by atoms with Gasteiger partial charge in [-0.1, -0.05) is 40.5 Å². The molecule has 7 nitrogen and oxygen atoms in total. The Kier molecular flexibility index (Phi) is 18.7. The number of carbonyl (C=O) groups excluding carboxylic acids is 1. The van der Waals surface area contributed by atoms with Gasteiger partial charge >= 0.3 is 0 Å². The van der Waals surface area contributed by atoms with E-state index in [0.29, 0.717) is 31.0 Å². The minimum atomic E-state index is -0.0807. The van der Waals surface area contributed by atoms with Gasteiger partial charge in [0.15, 0.2) is 0 Å². The van der Waals surface area contributed by atoms with E-state index in [4.69, 9.17) is 0 Å². The Balaban J connectivity index is 0. The lowest BCUT2D eigenvalue weighted by Crippen LogP contribution is -2.46. The molecule has 0 bridgehead atoms. The van der Waals surface area contributed by atoms with Crippen molar-refractivity contribution in [3.8, 4) is 17.9 Å². The zero-order chi connectivity index (χ0) is 25.9. The molecule has 0 fully saturated rings. The predicted molar refractivity (Wildman–Crippen MR) is 140 cm³/mol. The minimum Gasteiger partial charge on any atom is -0.337 e. The van der Waals surface area contributed by atoms with Crippen LogP contribution in [0.25, 0.3) is 0 Å². The monoisotopic (exact) mass is 458 g/mol. The van der Waals surface area contributed by atoms with Crippen molar-refractivity contribution < 1.29 is 4.79 Å². The van der Waals surface area contributed by atoms with Crippen LogP contribution in [0.5, 0.6) is 0 Å². The molecule has 7 heteroatoms. The number of allylic oxidation sites excluding steroid dienone is 2. The van der Waals surface area contributed by atoms with Gasteiger partial charge in [0.2, 0.25) is 5.91 Å². The van der Waals surface area contributed by atoms with Crippen LogP contribution in [0.1, 0.15) is 68.7 Å². The van der Waals surface area contributed by atoms with E-state index in [9.17, 15) is 10.1 Å². The van der Waals surface area contributed by atoms with Crippen molar-refractivity contribution in [3.63, 3.8) is 0 Å². The molecule has 0 aliphatic rings. The number of hydrogen-bond acceptors (Lipinski definition) is 6. The fourth-order valence-corrected chi connectivity index (χ4v) is 2.92. The highest BCUT2D eigenvalue weighted by molar-refractivity contribution is 5.77. The van der Waals surface area contributed by atoms with E-state index in [0.717, 1.165) is 19.6 Å². The molecule has 0 unspecified atom stereocenters. The smallest absolute Gasteiger partial charge is 0.224 e. The van der Waals surface area contributed by atoms with Crippen molar-refractivity contribution in [2.75, 3.05) is 32.8 Å². The summed E-state index contributed by atoms with van der Waals surface area (Å²) in [4.78, 5) is 20.0. The summed E-state index contributed by atoms with van der Waals surface area (Å²) in [5.74, 6) is 6.06. The Hall–Kier alpha value is -2.61. The van der Waals surface area contributed by atoms with Crippen LogP contribution in [0.3, 0.4) is 0 Å². The zero-order valence-corrected chi connectivity index (χ0v) is 22.4. The minimum absolute atomic E-state index is 0.0807. The molecule has 0 saturated heterocycles. The van der Waals surface area contributed by atoms with Crippen LogP contribution >= 0.6 is 0 Å². The van der Waals surface area contributed by atoms with Gasteiger partial charge in [-0.2, -0.15) is 5.26 Å². The highest BCUT2D eigenvalue weighted by atomic mass is 16.1. The third-order valence-electron chi connectivity index (χ3n) is 4.55. The molecule has 0 aromatic carbocycles. The molecule has 2 N–H and O–H groups in total. The SMILES string of the molecule is C=NC(/C=C/NC(=O)CC(C)C)=C(/C#N)N(CC#CC)CNCCN(CC)C(C)(C)C.CC. The second kappa shape index (κ2) is 18.9. The molecule has 0 aromatic heterocycles. The standard InChI is InChI=1S/C24H40N6O.C2H6/c1-9-11-15-29(19-27-14-16-30(10-2)24(5,6)7)22(18-25)21(26-8)12-13-28-23(31)17-20(3)4;1-2/h12-13,20,27H,8,10,14-17,19H2,1-7H3,(H,28,31);1-2H3/b13-12+,22-21-;. The van der Waals surface area contributed by atoms with Crippen LogP contribution in [-0.2, 0) is 4.79 Å². The molecule has 0 spiro atoms. The van der Waals surface area contributed by atoms with Crippen LogP contribution in [-0.4, -0.2) is 60.8 Å². The van der Waals surface area contributed by atoms with E-state index in [1.807, 2.05) is 32.6 Å². The van der Waals surface area contributed by atoms with Crippen molar-refractivity contribution in [1.82, 2.24) is 20.4 Å². The average molecular weight is 459 g/mol. The number of nitrogens with one attached hydrogen (secondary N) is 2. The molecule has 0 rings (SSSR count). The number of nitriles is 1. The van der Waals surface area contributed by atoms with Gasteiger partial charge in [0, 0.05) is 31.2 Å². The first-order valence-electron chi connectivity index (χ1n) is 11.8.